The van der Waals surface area contributed by atoms with E-state index in [-0.39, 0.29) is 24.9 Å². The van der Waals surface area contributed by atoms with Gasteiger partial charge in [0.15, 0.2) is 0 Å². The molecule has 0 fully saturated rings. The van der Waals surface area contributed by atoms with Gasteiger partial charge in [-0.3, -0.25) is 19.7 Å². The van der Waals surface area contributed by atoms with Crippen LogP contribution in [0, 0.1) is 0 Å². The number of carboxylic acids is 1. The van der Waals surface area contributed by atoms with Crippen LogP contribution in [0.5, 0.6) is 0 Å². The Kier molecular flexibility index (Phi) is 7.69. The van der Waals surface area contributed by atoms with Crippen LogP contribution < -0.4 is 10.6 Å². The number of carbonyl (C=O) groups is 3. The zero-order chi connectivity index (χ0) is 14.1. The smallest absolute Gasteiger partial charge is 0.320 e. The topological polar surface area (TPSA) is 98.7 Å². The number of nitrogens with zero attached hydrogens (tertiary/aromatic N) is 1. The molecule has 104 valence electrons. The maximum atomic E-state index is 11.6. The molecule has 0 aliphatic heterocycles. The molecule has 3 N–H and O–H groups in total. The number of hydrogen-bond donors (Lipinski definition) is 3. The van der Waals surface area contributed by atoms with Gasteiger partial charge in [0.1, 0.15) is 6.04 Å². The summed E-state index contributed by atoms with van der Waals surface area (Å²) in [6.45, 7) is 3.83. The molecule has 0 bridgehead atoms. The average Bonchev–Trinajstić information content (AvgIpc) is 2.32. The van der Waals surface area contributed by atoms with E-state index in [2.05, 4.69) is 10.6 Å². The second-order valence-corrected chi connectivity index (χ2v) is 4.04. The standard InChI is InChI=1S/C11H21N3O4/c1-4-5-12-9(15)7-14(3)10(16)6-13-8(2)11(17)18/h8,13H,4-7H2,1-3H3,(H,12,15)(H,17,18)/t8-/m0/s1. The molecule has 0 radical (unpaired) electrons. The van der Waals surface area contributed by atoms with Crippen LogP contribution in [0.25, 0.3) is 0 Å². The van der Waals surface area contributed by atoms with E-state index in [0.717, 1.165) is 6.42 Å². The van der Waals surface area contributed by atoms with Crippen LogP contribution in [0.3, 0.4) is 0 Å². The Morgan fingerprint density at radius 3 is 2.44 bits per heavy atom. The van der Waals surface area contributed by atoms with Gasteiger partial charge in [-0.05, 0) is 13.3 Å². The summed E-state index contributed by atoms with van der Waals surface area (Å²) < 4.78 is 0. The molecular formula is C11H21N3O4. The number of likely N-dealkylation sites (N-methyl/N-ethyl adjacent to an activating group) is 1. The molecule has 0 unspecified atom stereocenters. The highest BCUT2D eigenvalue weighted by atomic mass is 16.4. The molecule has 0 rings (SSSR count). The fourth-order valence-corrected chi connectivity index (χ4v) is 1.09. The second-order valence-electron chi connectivity index (χ2n) is 4.04. The van der Waals surface area contributed by atoms with Crippen LogP contribution in [0.2, 0.25) is 0 Å². The molecule has 0 aromatic rings. The lowest BCUT2D eigenvalue weighted by atomic mass is 10.3. The van der Waals surface area contributed by atoms with Crippen LogP contribution in [0.4, 0.5) is 0 Å². The number of carbonyl (C=O) groups excluding carboxylic acids is 2. The van der Waals surface area contributed by atoms with Crippen molar-refractivity contribution in [3.63, 3.8) is 0 Å². The molecule has 0 heterocycles. The van der Waals surface area contributed by atoms with E-state index in [4.69, 9.17) is 5.11 Å². The van der Waals surface area contributed by atoms with Crippen LogP contribution in [0.15, 0.2) is 0 Å². The molecule has 7 heteroatoms. The summed E-state index contributed by atoms with van der Waals surface area (Å²) >= 11 is 0. The molecule has 0 aromatic heterocycles. The molecule has 1 atom stereocenters. The summed E-state index contributed by atoms with van der Waals surface area (Å²) in [5, 5.41) is 13.8. The molecule has 18 heavy (non-hydrogen) atoms. The largest absolute Gasteiger partial charge is 0.480 e. The van der Waals surface area contributed by atoms with Crippen LogP contribution in [0.1, 0.15) is 20.3 Å². The van der Waals surface area contributed by atoms with Crippen LogP contribution in [-0.4, -0.2) is 60.5 Å². The zero-order valence-corrected chi connectivity index (χ0v) is 11.0. The van der Waals surface area contributed by atoms with Gasteiger partial charge in [0.25, 0.3) is 0 Å². The summed E-state index contributed by atoms with van der Waals surface area (Å²) in [7, 11) is 1.50. The van der Waals surface area contributed by atoms with E-state index in [1.165, 1.54) is 18.9 Å². The van der Waals surface area contributed by atoms with Gasteiger partial charge in [0.05, 0.1) is 13.1 Å². The predicted octanol–water partition coefficient (Wildman–Crippen LogP) is -0.966. The summed E-state index contributed by atoms with van der Waals surface area (Å²) in [4.78, 5) is 34.7. The molecule has 0 aliphatic rings. The number of amides is 2. The van der Waals surface area contributed by atoms with Gasteiger partial charge in [0.2, 0.25) is 11.8 Å². The van der Waals surface area contributed by atoms with Crippen molar-refractivity contribution >= 4 is 17.8 Å². The van der Waals surface area contributed by atoms with E-state index < -0.39 is 12.0 Å². The first-order chi connectivity index (χ1) is 8.38. The Hall–Kier alpha value is -1.63. The molecule has 0 aliphatic carbocycles. The molecule has 0 spiro atoms. The molecule has 2 amide bonds. The van der Waals surface area contributed by atoms with Crippen molar-refractivity contribution in [2.45, 2.75) is 26.3 Å². The quantitative estimate of drug-likeness (QED) is 0.521. The highest BCUT2D eigenvalue weighted by Gasteiger charge is 2.15. The summed E-state index contributed by atoms with van der Waals surface area (Å²) in [5.74, 6) is -1.57. The van der Waals surface area contributed by atoms with Gasteiger partial charge in [-0.2, -0.15) is 0 Å². The lowest BCUT2D eigenvalue weighted by Crippen LogP contribution is -2.45. The average molecular weight is 259 g/mol. The number of aliphatic carboxylic acids is 1. The van der Waals surface area contributed by atoms with E-state index in [1.54, 1.807) is 0 Å². The van der Waals surface area contributed by atoms with Crippen molar-refractivity contribution in [2.75, 3.05) is 26.7 Å². The second kappa shape index (κ2) is 8.46. The summed E-state index contributed by atoms with van der Waals surface area (Å²) in [5.41, 5.74) is 0. The van der Waals surface area contributed by atoms with Crippen molar-refractivity contribution in [1.82, 2.24) is 15.5 Å². The first kappa shape index (κ1) is 16.4. The van der Waals surface area contributed by atoms with E-state index >= 15 is 0 Å². The van der Waals surface area contributed by atoms with Crippen molar-refractivity contribution in [1.29, 1.82) is 0 Å². The maximum Gasteiger partial charge on any atom is 0.320 e. The SMILES string of the molecule is CCCNC(=O)CN(C)C(=O)CN[C@@H](C)C(=O)O. The first-order valence-corrected chi connectivity index (χ1v) is 5.85. The summed E-state index contributed by atoms with van der Waals surface area (Å²) in [6, 6.07) is -0.795. The highest BCUT2D eigenvalue weighted by molar-refractivity contribution is 5.85. The zero-order valence-electron chi connectivity index (χ0n) is 11.0. The Morgan fingerprint density at radius 1 is 1.33 bits per heavy atom. The fourth-order valence-electron chi connectivity index (χ4n) is 1.09. The number of rotatable bonds is 8. The van der Waals surface area contributed by atoms with Crippen molar-refractivity contribution in [3.05, 3.63) is 0 Å². The minimum absolute atomic E-state index is 0.0258. The first-order valence-electron chi connectivity index (χ1n) is 5.85. The summed E-state index contributed by atoms with van der Waals surface area (Å²) in [6.07, 6.45) is 0.834. The maximum absolute atomic E-state index is 11.6. The van der Waals surface area contributed by atoms with E-state index in [0.29, 0.717) is 6.54 Å². The van der Waals surface area contributed by atoms with Crippen LogP contribution >= 0.6 is 0 Å². The van der Waals surface area contributed by atoms with Crippen molar-refractivity contribution in [2.24, 2.45) is 0 Å². The predicted molar refractivity (Wildman–Crippen MR) is 66.0 cm³/mol. The van der Waals surface area contributed by atoms with E-state index in [1.807, 2.05) is 6.92 Å². The van der Waals surface area contributed by atoms with Crippen molar-refractivity contribution < 1.29 is 19.5 Å². The monoisotopic (exact) mass is 259 g/mol. The third kappa shape index (κ3) is 6.85. The highest BCUT2D eigenvalue weighted by Crippen LogP contribution is 1.87. The minimum atomic E-state index is -1.02. The van der Waals surface area contributed by atoms with Crippen LogP contribution in [-0.2, 0) is 14.4 Å². The lowest BCUT2D eigenvalue weighted by molar-refractivity contribution is -0.139. The fraction of sp³-hybridized carbons (Fsp3) is 0.727. The van der Waals surface area contributed by atoms with Crippen molar-refractivity contribution in [3.8, 4) is 0 Å². The molecule has 7 nitrogen and oxygen atoms in total. The molecular weight excluding hydrogens is 238 g/mol. The van der Waals surface area contributed by atoms with E-state index in [9.17, 15) is 14.4 Å². The minimum Gasteiger partial charge on any atom is -0.480 e. The Morgan fingerprint density at radius 2 is 1.94 bits per heavy atom. The molecule has 0 aromatic carbocycles. The molecule has 0 saturated heterocycles. The lowest BCUT2D eigenvalue weighted by Gasteiger charge is -2.18. The van der Waals surface area contributed by atoms with Gasteiger partial charge >= 0.3 is 5.97 Å². The van der Waals surface area contributed by atoms with Gasteiger partial charge in [-0.15, -0.1) is 0 Å². The number of hydrogen-bond acceptors (Lipinski definition) is 4. The van der Waals surface area contributed by atoms with Gasteiger partial charge < -0.3 is 15.3 Å². The van der Waals surface area contributed by atoms with Gasteiger partial charge in [0, 0.05) is 13.6 Å². The number of carboxylic acid groups (broad SMARTS) is 1. The van der Waals surface area contributed by atoms with Gasteiger partial charge in [-0.1, -0.05) is 6.92 Å². The normalized spacial score (nSPS) is 11.7. The molecule has 0 saturated carbocycles. The Balaban J connectivity index is 3.96. The third-order valence-electron chi connectivity index (χ3n) is 2.31. The van der Waals surface area contributed by atoms with Gasteiger partial charge in [-0.25, -0.2) is 0 Å². The third-order valence-corrected chi connectivity index (χ3v) is 2.31. The Bertz CT molecular complexity index is 307. The number of nitrogens with one attached hydrogen (secondary N) is 2. The Labute approximate surface area is 107 Å².